The van der Waals surface area contributed by atoms with E-state index in [1.807, 2.05) is 18.5 Å². The zero-order valence-corrected chi connectivity index (χ0v) is 13.1. The van der Waals surface area contributed by atoms with E-state index in [1.165, 1.54) is 0 Å². The zero-order valence-electron chi connectivity index (χ0n) is 11.0. The highest BCUT2D eigenvalue weighted by molar-refractivity contribution is 14.1. The molecular formula is C15H14IN3O. The molecule has 2 aromatic rings. The highest BCUT2D eigenvalue weighted by Crippen LogP contribution is 2.37. The van der Waals surface area contributed by atoms with Crippen LogP contribution in [0.4, 0.5) is 0 Å². The fourth-order valence-electron chi connectivity index (χ4n) is 2.83. The van der Waals surface area contributed by atoms with Crippen LogP contribution in [0.1, 0.15) is 31.2 Å². The first-order chi connectivity index (χ1) is 9.59. The number of rotatable bonds is 2. The van der Waals surface area contributed by atoms with Crippen molar-refractivity contribution in [1.29, 1.82) is 5.26 Å². The molecule has 0 aliphatic heterocycles. The second-order valence-corrected chi connectivity index (χ2v) is 7.70. The quantitative estimate of drug-likeness (QED) is 0.595. The number of nitriles is 1. The number of ketones is 1. The van der Waals surface area contributed by atoms with Gasteiger partial charge in [-0.15, -0.1) is 0 Å². The number of carbonyl (C=O) groups is 1. The van der Waals surface area contributed by atoms with Crippen LogP contribution in [0.2, 0.25) is 0 Å². The predicted octanol–water partition coefficient (Wildman–Crippen LogP) is 3.22. The molecule has 5 heteroatoms. The number of fused-ring (bicyclic) bond motifs is 1. The van der Waals surface area contributed by atoms with Crippen molar-refractivity contribution in [2.45, 2.75) is 35.6 Å². The molecule has 1 saturated carbocycles. The molecular weight excluding hydrogens is 365 g/mol. The van der Waals surface area contributed by atoms with Crippen molar-refractivity contribution in [3.05, 3.63) is 30.1 Å². The van der Waals surface area contributed by atoms with Crippen LogP contribution in [0, 0.1) is 11.3 Å². The highest BCUT2D eigenvalue weighted by Gasteiger charge is 2.33. The highest BCUT2D eigenvalue weighted by atomic mass is 127. The average Bonchev–Trinajstić information content (AvgIpc) is 2.80. The molecule has 0 amide bonds. The predicted molar refractivity (Wildman–Crippen MR) is 84.7 cm³/mol. The molecule has 3 rings (SSSR count). The van der Waals surface area contributed by atoms with Crippen LogP contribution in [0.25, 0.3) is 11.0 Å². The summed E-state index contributed by atoms with van der Waals surface area (Å²) >= 11 is 2.42. The van der Waals surface area contributed by atoms with E-state index in [-0.39, 0.29) is 3.42 Å². The van der Waals surface area contributed by atoms with E-state index in [0.29, 0.717) is 24.2 Å². The van der Waals surface area contributed by atoms with Gasteiger partial charge in [-0.1, -0.05) is 22.6 Å². The van der Waals surface area contributed by atoms with Gasteiger partial charge in [-0.3, -0.25) is 4.79 Å². The largest absolute Gasteiger partial charge is 0.329 e. The van der Waals surface area contributed by atoms with Crippen LogP contribution >= 0.6 is 22.6 Å². The lowest BCUT2D eigenvalue weighted by Gasteiger charge is -2.31. The molecule has 0 bridgehead atoms. The van der Waals surface area contributed by atoms with Gasteiger partial charge in [0, 0.05) is 22.8 Å². The monoisotopic (exact) mass is 379 g/mol. The number of benzene rings is 1. The average molecular weight is 379 g/mol. The fourth-order valence-corrected chi connectivity index (χ4v) is 4.00. The Kier molecular flexibility index (Phi) is 3.50. The molecule has 1 aromatic carbocycles. The van der Waals surface area contributed by atoms with Gasteiger partial charge in [0.15, 0.2) is 0 Å². The zero-order chi connectivity index (χ0) is 14.2. The summed E-state index contributed by atoms with van der Waals surface area (Å²) < 4.78 is 2.05. The molecule has 4 nitrogen and oxygen atoms in total. The summed E-state index contributed by atoms with van der Waals surface area (Å²) in [6, 6.07) is 7.68. The van der Waals surface area contributed by atoms with E-state index < -0.39 is 0 Å². The normalized spacial score (nSPS) is 22.9. The Morgan fingerprint density at radius 1 is 1.50 bits per heavy atom. The van der Waals surface area contributed by atoms with Crippen LogP contribution in [0.5, 0.6) is 0 Å². The van der Waals surface area contributed by atoms with Gasteiger partial charge in [0.05, 0.1) is 29.0 Å². The molecule has 0 radical (unpaired) electrons. The molecule has 0 N–H and O–H groups in total. The van der Waals surface area contributed by atoms with E-state index in [0.717, 1.165) is 30.4 Å². The second-order valence-electron chi connectivity index (χ2n) is 5.41. The summed E-state index contributed by atoms with van der Waals surface area (Å²) in [6.07, 6.45) is 5.18. The maximum absolute atomic E-state index is 11.7. The minimum atomic E-state index is -0.0244. The smallest absolute Gasteiger partial charge is 0.134 e. The van der Waals surface area contributed by atoms with E-state index in [4.69, 9.17) is 5.26 Å². The molecule has 0 saturated heterocycles. The first kappa shape index (κ1) is 13.6. The summed E-state index contributed by atoms with van der Waals surface area (Å²) in [7, 11) is 0. The topological polar surface area (TPSA) is 58.7 Å². The van der Waals surface area contributed by atoms with Gasteiger partial charge in [-0.25, -0.2) is 4.98 Å². The van der Waals surface area contributed by atoms with Crippen molar-refractivity contribution in [2.24, 2.45) is 0 Å². The van der Waals surface area contributed by atoms with Gasteiger partial charge in [0.25, 0.3) is 0 Å². The maximum atomic E-state index is 11.7. The molecule has 0 spiro atoms. The van der Waals surface area contributed by atoms with Gasteiger partial charge in [0.1, 0.15) is 5.78 Å². The van der Waals surface area contributed by atoms with Crippen LogP contribution < -0.4 is 0 Å². The Balaban J connectivity index is 1.94. The Morgan fingerprint density at radius 2 is 2.35 bits per heavy atom. The Bertz CT molecular complexity index is 715. The number of nitrogens with zero attached hydrogens (tertiary/aromatic N) is 3. The molecule has 1 atom stereocenters. The summed E-state index contributed by atoms with van der Waals surface area (Å²) in [5, 5.41) is 9.01. The first-order valence-corrected chi connectivity index (χ1v) is 7.73. The lowest BCUT2D eigenvalue weighted by molar-refractivity contribution is -0.120. The van der Waals surface area contributed by atoms with E-state index in [9.17, 15) is 4.79 Å². The third-order valence-corrected chi connectivity index (χ3v) is 5.06. The van der Waals surface area contributed by atoms with Gasteiger partial charge in [-0.05, 0) is 31.0 Å². The van der Waals surface area contributed by atoms with Crippen molar-refractivity contribution >= 4 is 39.4 Å². The Morgan fingerprint density at radius 3 is 3.10 bits per heavy atom. The van der Waals surface area contributed by atoms with Crippen LogP contribution in [-0.4, -0.2) is 18.8 Å². The lowest BCUT2D eigenvalue weighted by atomic mass is 9.88. The SMILES string of the molecule is N#Cc1ccc2ncn(C[C@@]3(I)CCCC(=O)C3)c2c1. The summed E-state index contributed by atoms with van der Waals surface area (Å²) in [4.78, 5) is 16.1. The number of carbonyl (C=O) groups excluding carboxylic acids is 1. The maximum Gasteiger partial charge on any atom is 0.134 e. The number of hydrogen-bond donors (Lipinski definition) is 0. The van der Waals surface area contributed by atoms with Gasteiger partial charge >= 0.3 is 0 Å². The third kappa shape index (κ3) is 2.57. The van der Waals surface area contributed by atoms with E-state index >= 15 is 0 Å². The number of aromatic nitrogens is 2. The molecule has 1 aliphatic carbocycles. The van der Waals surface area contributed by atoms with Gasteiger partial charge < -0.3 is 4.57 Å². The molecule has 1 fully saturated rings. The lowest BCUT2D eigenvalue weighted by Crippen LogP contribution is -2.33. The summed E-state index contributed by atoms with van der Waals surface area (Å²) in [5.74, 6) is 0.354. The number of alkyl halides is 1. The Labute approximate surface area is 130 Å². The Hall–Kier alpha value is -1.42. The molecule has 102 valence electrons. The third-order valence-electron chi connectivity index (χ3n) is 3.80. The van der Waals surface area contributed by atoms with Crippen molar-refractivity contribution < 1.29 is 4.79 Å². The number of imidazole rings is 1. The van der Waals surface area contributed by atoms with E-state index in [2.05, 4.69) is 38.2 Å². The van der Waals surface area contributed by atoms with Gasteiger partial charge in [0.2, 0.25) is 0 Å². The van der Waals surface area contributed by atoms with Crippen molar-refractivity contribution in [1.82, 2.24) is 9.55 Å². The molecule has 1 aliphatic rings. The van der Waals surface area contributed by atoms with Crippen molar-refractivity contribution in [3.8, 4) is 6.07 Å². The molecule has 0 unspecified atom stereocenters. The first-order valence-electron chi connectivity index (χ1n) is 6.65. The summed E-state index contributed by atoms with van der Waals surface area (Å²) in [5.41, 5.74) is 2.51. The van der Waals surface area contributed by atoms with Crippen molar-refractivity contribution in [3.63, 3.8) is 0 Å². The number of Topliss-reactive ketones (excluding diaryl/α,β-unsaturated/α-hetero) is 1. The van der Waals surface area contributed by atoms with Crippen molar-refractivity contribution in [2.75, 3.05) is 0 Å². The number of hydrogen-bond acceptors (Lipinski definition) is 3. The summed E-state index contributed by atoms with van der Waals surface area (Å²) in [6.45, 7) is 0.769. The minimum absolute atomic E-state index is 0.0244. The second kappa shape index (κ2) is 5.17. The van der Waals surface area contributed by atoms with Crippen LogP contribution in [0.3, 0.4) is 0 Å². The molecule has 1 aromatic heterocycles. The standard InChI is InChI=1S/C15H14IN3O/c16-15(5-1-2-12(20)7-15)9-19-10-18-13-4-3-11(8-17)6-14(13)19/h3-4,6,10H,1-2,5,7,9H2/t15-/m1/s1. The fraction of sp³-hybridized carbons (Fsp3) is 0.400. The van der Waals surface area contributed by atoms with E-state index in [1.54, 1.807) is 6.07 Å². The minimum Gasteiger partial charge on any atom is -0.329 e. The number of halogens is 1. The molecule has 20 heavy (non-hydrogen) atoms. The van der Waals surface area contributed by atoms with Crippen LogP contribution in [0.15, 0.2) is 24.5 Å². The van der Waals surface area contributed by atoms with Gasteiger partial charge in [-0.2, -0.15) is 5.26 Å². The molecule has 1 heterocycles. The van der Waals surface area contributed by atoms with Crippen LogP contribution in [-0.2, 0) is 11.3 Å².